The lowest BCUT2D eigenvalue weighted by atomic mass is 9.71. The summed E-state index contributed by atoms with van der Waals surface area (Å²) in [5, 5.41) is 0. The first-order valence-electron chi connectivity index (χ1n) is 8.72. The molecule has 0 aromatic carbocycles. The van der Waals surface area contributed by atoms with Crippen LogP contribution in [0.3, 0.4) is 0 Å². The monoisotopic (exact) mass is 336 g/mol. The molecule has 0 aliphatic heterocycles. The van der Waals surface area contributed by atoms with Gasteiger partial charge >= 0.3 is 11.9 Å². The number of hydrogen-bond donors (Lipinski definition) is 0. The molecule has 4 heteroatoms. The van der Waals surface area contributed by atoms with E-state index in [0.29, 0.717) is 16.6 Å². The van der Waals surface area contributed by atoms with E-state index in [-0.39, 0.29) is 30.6 Å². The van der Waals surface area contributed by atoms with E-state index in [4.69, 9.17) is 9.47 Å². The van der Waals surface area contributed by atoms with Gasteiger partial charge in [0.2, 0.25) is 0 Å². The molecule has 1 saturated carbocycles. The lowest BCUT2D eigenvalue weighted by Gasteiger charge is -2.38. The lowest BCUT2D eigenvalue weighted by Crippen LogP contribution is -2.36. The van der Waals surface area contributed by atoms with Crippen LogP contribution in [0.5, 0.6) is 0 Å². The van der Waals surface area contributed by atoms with Gasteiger partial charge in [-0.1, -0.05) is 39.8 Å². The summed E-state index contributed by atoms with van der Waals surface area (Å²) in [4.78, 5) is 23.6. The molecule has 0 aromatic heterocycles. The molecular formula is C20H32O4. The summed E-state index contributed by atoms with van der Waals surface area (Å²) in [6, 6.07) is 0. The molecule has 0 unspecified atom stereocenters. The molecule has 0 atom stereocenters. The zero-order valence-electron chi connectivity index (χ0n) is 15.7. The Morgan fingerprint density at radius 3 is 1.54 bits per heavy atom. The van der Waals surface area contributed by atoms with Gasteiger partial charge in [-0.2, -0.15) is 0 Å². The van der Waals surface area contributed by atoms with Crippen molar-refractivity contribution in [1.29, 1.82) is 0 Å². The second kappa shape index (κ2) is 8.50. The maximum atomic E-state index is 11.8. The van der Waals surface area contributed by atoms with Gasteiger partial charge in [-0.25, -0.2) is 9.59 Å². The van der Waals surface area contributed by atoms with E-state index in [1.165, 1.54) is 0 Å². The first-order valence-corrected chi connectivity index (χ1v) is 8.72. The third-order valence-electron chi connectivity index (χ3n) is 4.84. The normalized spacial score (nSPS) is 19.5. The number of ether oxygens (including phenoxy) is 2. The van der Waals surface area contributed by atoms with E-state index in [9.17, 15) is 9.59 Å². The Balaban J connectivity index is 2.81. The fourth-order valence-electron chi connectivity index (χ4n) is 3.15. The molecule has 136 valence electrons. The van der Waals surface area contributed by atoms with Crippen LogP contribution in [0.4, 0.5) is 0 Å². The Morgan fingerprint density at radius 1 is 0.833 bits per heavy atom. The zero-order valence-corrected chi connectivity index (χ0v) is 15.7. The minimum Gasteiger partial charge on any atom is -0.462 e. The first kappa shape index (κ1) is 20.5. The quantitative estimate of drug-likeness (QED) is 0.526. The molecule has 0 N–H and O–H groups in total. The molecule has 1 rings (SSSR count). The Hall–Kier alpha value is -1.58. The van der Waals surface area contributed by atoms with Gasteiger partial charge in [-0.05, 0) is 44.9 Å². The summed E-state index contributed by atoms with van der Waals surface area (Å²) >= 11 is 0. The average Bonchev–Trinajstić information content (AvgIpc) is 2.47. The number of carbonyl (C=O) groups is 2. The number of carbonyl (C=O) groups excluding carboxylic acids is 2. The Morgan fingerprint density at radius 2 is 1.21 bits per heavy atom. The van der Waals surface area contributed by atoms with Gasteiger partial charge in [0, 0.05) is 16.6 Å². The van der Waals surface area contributed by atoms with Crippen molar-refractivity contribution in [3.05, 3.63) is 24.3 Å². The maximum Gasteiger partial charge on any atom is 0.333 e. The highest BCUT2D eigenvalue weighted by Crippen LogP contribution is 2.41. The Kier molecular flexibility index (Phi) is 7.25. The average molecular weight is 336 g/mol. The molecule has 1 aliphatic carbocycles. The third-order valence-corrected chi connectivity index (χ3v) is 4.84. The van der Waals surface area contributed by atoms with Crippen molar-refractivity contribution in [3.8, 4) is 0 Å². The Bertz CT molecular complexity index is 458. The summed E-state index contributed by atoms with van der Waals surface area (Å²) in [5.41, 5.74) is 0.800. The van der Waals surface area contributed by atoms with Crippen LogP contribution in [-0.2, 0) is 19.1 Å². The van der Waals surface area contributed by atoms with Gasteiger partial charge < -0.3 is 9.47 Å². The van der Waals surface area contributed by atoms with Crippen LogP contribution in [0.15, 0.2) is 24.3 Å². The van der Waals surface area contributed by atoms with Crippen molar-refractivity contribution in [1.82, 2.24) is 0 Å². The van der Waals surface area contributed by atoms with Crippen molar-refractivity contribution in [2.24, 2.45) is 10.8 Å². The number of rotatable bonds is 6. The van der Waals surface area contributed by atoms with Crippen LogP contribution < -0.4 is 0 Å². The molecule has 24 heavy (non-hydrogen) atoms. The maximum absolute atomic E-state index is 11.8. The van der Waals surface area contributed by atoms with Crippen molar-refractivity contribution in [3.63, 3.8) is 0 Å². The van der Waals surface area contributed by atoms with E-state index in [0.717, 1.165) is 38.5 Å². The van der Waals surface area contributed by atoms with Gasteiger partial charge in [0.15, 0.2) is 0 Å². The van der Waals surface area contributed by atoms with E-state index in [2.05, 4.69) is 27.0 Å². The van der Waals surface area contributed by atoms with Crippen molar-refractivity contribution >= 4 is 11.9 Å². The van der Waals surface area contributed by atoms with Crippen LogP contribution >= 0.6 is 0 Å². The fourth-order valence-corrected chi connectivity index (χ4v) is 3.15. The predicted octanol–water partition coefficient (Wildman–Crippen LogP) is 4.59. The molecule has 0 spiro atoms. The Labute approximate surface area is 146 Å². The lowest BCUT2D eigenvalue weighted by molar-refractivity contribution is -0.150. The predicted molar refractivity (Wildman–Crippen MR) is 95.5 cm³/mol. The molecule has 0 aromatic rings. The molecule has 1 aliphatic rings. The van der Waals surface area contributed by atoms with Gasteiger partial charge in [0.1, 0.15) is 13.2 Å². The summed E-state index contributed by atoms with van der Waals surface area (Å²) in [5.74, 6) is -0.772. The van der Waals surface area contributed by atoms with E-state index >= 15 is 0 Å². The smallest absolute Gasteiger partial charge is 0.333 e. The first-order chi connectivity index (χ1) is 11.1. The molecule has 1 fully saturated rings. The molecule has 4 nitrogen and oxygen atoms in total. The van der Waals surface area contributed by atoms with Crippen molar-refractivity contribution < 1.29 is 19.1 Å². The fraction of sp³-hybridized carbons (Fsp3) is 0.700. The summed E-state index contributed by atoms with van der Waals surface area (Å²) < 4.78 is 10.9. The SMILES string of the molecule is C=C(C)C(=O)OCC1(COC(=O)C(=C)C)CCCC(C)(C)CCC1. The van der Waals surface area contributed by atoms with Gasteiger partial charge in [-0.15, -0.1) is 0 Å². The highest BCUT2D eigenvalue weighted by Gasteiger charge is 2.36. The van der Waals surface area contributed by atoms with Crippen LogP contribution in [0.25, 0.3) is 0 Å². The van der Waals surface area contributed by atoms with Crippen molar-refractivity contribution in [2.75, 3.05) is 13.2 Å². The third kappa shape index (κ3) is 6.50. The molecule has 0 bridgehead atoms. The summed E-state index contributed by atoms with van der Waals surface area (Å²) in [6.45, 7) is 15.6. The topological polar surface area (TPSA) is 52.6 Å². The highest BCUT2D eigenvalue weighted by molar-refractivity contribution is 5.87. The standard InChI is InChI=1S/C20H32O4/c1-15(2)17(21)23-13-20(14-24-18(22)16(3)4)11-7-9-19(5,6)10-8-12-20/h1,3,7-14H2,2,4-6H3. The van der Waals surface area contributed by atoms with E-state index < -0.39 is 0 Å². The zero-order chi connectivity index (χ0) is 18.4. The van der Waals surface area contributed by atoms with E-state index in [1.807, 2.05) is 0 Å². The summed E-state index contributed by atoms with van der Waals surface area (Å²) in [7, 11) is 0. The van der Waals surface area contributed by atoms with Crippen LogP contribution in [0, 0.1) is 10.8 Å². The highest BCUT2D eigenvalue weighted by atomic mass is 16.5. The second-order valence-electron chi connectivity index (χ2n) is 8.08. The van der Waals surface area contributed by atoms with Crippen molar-refractivity contribution in [2.45, 2.75) is 66.2 Å². The van der Waals surface area contributed by atoms with E-state index in [1.54, 1.807) is 13.8 Å². The minimum atomic E-state index is -0.386. The summed E-state index contributed by atoms with van der Waals surface area (Å²) in [6.07, 6.45) is 6.06. The van der Waals surface area contributed by atoms with Crippen LogP contribution in [0.1, 0.15) is 66.2 Å². The number of esters is 2. The van der Waals surface area contributed by atoms with Gasteiger partial charge in [-0.3, -0.25) is 0 Å². The van der Waals surface area contributed by atoms with Crippen LogP contribution in [0.2, 0.25) is 0 Å². The second-order valence-corrected chi connectivity index (χ2v) is 8.08. The molecule has 0 saturated heterocycles. The molecule has 0 amide bonds. The minimum absolute atomic E-state index is 0.266. The largest absolute Gasteiger partial charge is 0.462 e. The number of hydrogen-bond acceptors (Lipinski definition) is 4. The molecule has 0 heterocycles. The van der Waals surface area contributed by atoms with Gasteiger partial charge in [0.25, 0.3) is 0 Å². The van der Waals surface area contributed by atoms with Crippen LogP contribution in [-0.4, -0.2) is 25.2 Å². The molecule has 0 radical (unpaired) electrons. The molecular weight excluding hydrogens is 304 g/mol. The van der Waals surface area contributed by atoms with Gasteiger partial charge in [0.05, 0.1) is 0 Å².